The van der Waals surface area contributed by atoms with E-state index in [1.807, 2.05) is 0 Å². The van der Waals surface area contributed by atoms with Gasteiger partial charge in [0.1, 0.15) is 11.6 Å². The van der Waals surface area contributed by atoms with E-state index >= 15 is 0 Å². The Morgan fingerprint density at radius 1 is 1.50 bits per heavy atom. The number of aromatic hydroxyl groups is 1. The molecule has 0 aliphatic heterocycles. The predicted molar refractivity (Wildman–Crippen MR) is 38.2 cm³/mol. The second-order valence-electron chi connectivity index (χ2n) is 1.91. The first kappa shape index (κ1) is 6.81. The standard InChI is InChI=1S/C8H7FO/c1-2-6-5-7(10)3-4-8(6)9/h2-5,10H,1H2. The van der Waals surface area contributed by atoms with Crippen LogP contribution in [0.2, 0.25) is 0 Å². The van der Waals surface area contributed by atoms with Crippen molar-refractivity contribution in [3.05, 3.63) is 36.2 Å². The van der Waals surface area contributed by atoms with Gasteiger partial charge in [-0.3, -0.25) is 0 Å². The summed E-state index contributed by atoms with van der Waals surface area (Å²) in [5.74, 6) is -0.316. The minimum absolute atomic E-state index is 0.0521. The highest BCUT2D eigenvalue weighted by Gasteiger charge is 1.96. The Balaban J connectivity index is 3.21. The normalized spacial score (nSPS) is 9.30. The van der Waals surface area contributed by atoms with Crippen LogP contribution in [0.25, 0.3) is 6.08 Å². The van der Waals surface area contributed by atoms with Crippen LogP contribution in [0.4, 0.5) is 4.39 Å². The molecule has 1 N–H and O–H groups in total. The topological polar surface area (TPSA) is 20.2 Å². The van der Waals surface area contributed by atoms with Gasteiger partial charge in [-0.15, -0.1) is 0 Å². The lowest BCUT2D eigenvalue weighted by Gasteiger charge is -1.95. The Morgan fingerprint density at radius 2 is 2.20 bits per heavy atom. The first-order chi connectivity index (χ1) is 4.74. The predicted octanol–water partition coefficient (Wildman–Crippen LogP) is 2.17. The molecule has 2 heteroatoms. The van der Waals surface area contributed by atoms with Gasteiger partial charge in [-0.2, -0.15) is 0 Å². The van der Waals surface area contributed by atoms with E-state index in [2.05, 4.69) is 6.58 Å². The number of phenolic OH excluding ortho intramolecular Hbond substituents is 1. The molecule has 0 saturated heterocycles. The summed E-state index contributed by atoms with van der Waals surface area (Å²) in [6.07, 6.45) is 1.36. The zero-order chi connectivity index (χ0) is 7.56. The van der Waals surface area contributed by atoms with Crippen LogP contribution in [0.1, 0.15) is 5.56 Å². The van der Waals surface area contributed by atoms with Gasteiger partial charge in [0, 0.05) is 5.56 Å². The van der Waals surface area contributed by atoms with Gasteiger partial charge < -0.3 is 5.11 Å². The van der Waals surface area contributed by atoms with Crippen LogP contribution in [0.15, 0.2) is 24.8 Å². The van der Waals surface area contributed by atoms with Crippen molar-refractivity contribution >= 4 is 6.08 Å². The molecule has 1 rings (SSSR count). The summed E-state index contributed by atoms with van der Waals surface area (Å²) >= 11 is 0. The van der Waals surface area contributed by atoms with E-state index in [1.165, 1.54) is 24.3 Å². The molecule has 0 spiro atoms. The van der Waals surface area contributed by atoms with Crippen molar-refractivity contribution in [2.75, 3.05) is 0 Å². The van der Waals surface area contributed by atoms with Crippen LogP contribution in [0, 0.1) is 5.82 Å². The molecule has 1 aromatic rings. The fourth-order valence-corrected chi connectivity index (χ4v) is 0.688. The van der Waals surface area contributed by atoms with Crippen LogP contribution >= 0.6 is 0 Å². The molecule has 0 aromatic heterocycles. The van der Waals surface area contributed by atoms with E-state index < -0.39 is 0 Å². The summed E-state index contributed by atoms with van der Waals surface area (Å²) in [7, 11) is 0. The maximum Gasteiger partial charge on any atom is 0.130 e. The summed E-state index contributed by atoms with van der Waals surface area (Å²) in [5.41, 5.74) is 0.319. The third kappa shape index (κ3) is 1.16. The quantitative estimate of drug-likeness (QED) is 0.630. The smallest absolute Gasteiger partial charge is 0.130 e. The molecule has 0 radical (unpaired) electrons. The van der Waals surface area contributed by atoms with Gasteiger partial charge in [0.05, 0.1) is 0 Å². The molecule has 0 bridgehead atoms. The monoisotopic (exact) mass is 138 g/mol. The van der Waals surface area contributed by atoms with Crippen molar-refractivity contribution < 1.29 is 9.50 Å². The summed E-state index contributed by atoms with van der Waals surface area (Å²) in [6, 6.07) is 3.82. The van der Waals surface area contributed by atoms with Crippen molar-refractivity contribution in [2.24, 2.45) is 0 Å². The third-order valence-corrected chi connectivity index (χ3v) is 1.20. The number of hydrogen-bond donors (Lipinski definition) is 1. The van der Waals surface area contributed by atoms with E-state index in [0.717, 1.165) is 0 Å². The lowest BCUT2D eigenvalue weighted by Crippen LogP contribution is -1.78. The van der Waals surface area contributed by atoms with E-state index in [-0.39, 0.29) is 11.6 Å². The minimum Gasteiger partial charge on any atom is -0.508 e. The number of halogens is 1. The van der Waals surface area contributed by atoms with Crippen LogP contribution < -0.4 is 0 Å². The second kappa shape index (κ2) is 2.52. The average Bonchev–Trinajstić information content (AvgIpc) is 1.94. The highest BCUT2D eigenvalue weighted by Crippen LogP contribution is 2.15. The van der Waals surface area contributed by atoms with Crippen molar-refractivity contribution in [3.63, 3.8) is 0 Å². The third-order valence-electron chi connectivity index (χ3n) is 1.20. The van der Waals surface area contributed by atoms with E-state index in [9.17, 15) is 4.39 Å². The number of hydrogen-bond acceptors (Lipinski definition) is 1. The van der Waals surface area contributed by atoms with Gasteiger partial charge in [-0.1, -0.05) is 12.7 Å². The molecular formula is C8H7FO. The van der Waals surface area contributed by atoms with E-state index in [4.69, 9.17) is 5.11 Å². The molecule has 0 aliphatic rings. The Bertz CT molecular complexity index is 255. The van der Waals surface area contributed by atoms with Crippen LogP contribution in [0.5, 0.6) is 5.75 Å². The maximum absolute atomic E-state index is 12.6. The largest absolute Gasteiger partial charge is 0.508 e. The number of benzene rings is 1. The Hall–Kier alpha value is -1.31. The highest BCUT2D eigenvalue weighted by atomic mass is 19.1. The lowest BCUT2D eigenvalue weighted by molar-refractivity contribution is 0.473. The molecule has 0 aliphatic carbocycles. The summed E-state index contributed by atoms with van der Waals surface area (Å²) in [6.45, 7) is 3.38. The molecule has 0 atom stereocenters. The molecule has 0 amide bonds. The van der Waals surface area contributed by atoms with Crippen LogP contribution in [0.3, 0.4) is 0 Å². The first-order valence-corrected chi connectivity index (χ1v) is 2.85. The SMILES string of the molecule is C=Cc1cc(O)ccc1F. The van der Waals surface area contributed by atoms with Gasteiger partial charge in [0.15, 0.2) is 0 Å². The average molecular weight is 138 g/mol. The van der Waals surface area contributed by atoms with Crippen LogP contribution in [-0.2, 0) is 0 Å². The van der Waals surface area contributed by atoms with Gasteiger partial charge in [-0.05, 0) is 18.2 Å². The fourth-order valence-electron chi connectivity index (χ4n) is 0.688. The Labute approximate surface area is 58.4 Å². The minimum atomic E-state index is -0.368. The zero-order valence-electron chi connectivity index (χ0n) is 5.34. The lowest BCUT2D eigenvalue weighted by atomic mass is 10.2. The van der Waals surface area contributed by atoms with Crippen LogP contribution in [-0.4, -0.2) is 5.11 Å². The number of rotatable bonds is 1. The van der Waals surface area contributed by atoms with Crippen molar-refractivity contribution in [1.82, 2.24) is 0 Å². The molecule has 0 heterocycles. The molecule has 0 unspecified atom stereocenters. The summed E-state index contributed by atoms with van der Waals surface area (Å²) < 4.78 is 12.6. The molecular weight excluding hydrogens is 131 g/mol. The van der Waals surface area contributed by atoms with E-state index in [1.54, 1.807) is 0 Å². The highest BCUT2D eigenvalue weighted by molar-refractivity contribution is 5.50. The zero-order valence-corrected chi connectivity index (χ0v) is 5.34. The maximum atomic E-state index is 12.6. The van der Waals surface area contributed by atoms with Crippen molar-refractivity contribution in [1.29, 1.82) is 0 Å². The van der Waals surface area contributed by atoms with Gasteiger partial charge >= 0.3 is 0 Å². The Morgan fingerprint density at radius 3 is 2.70 bits per heavy atom. The number of phenols is 1. The second-order valence-corrected chi connectivity index (χ2v) is 1.91. The summed E-state index contributed by atoms with van der Waals surface area (Å²) in [5, 5.41) is 8.85. The molecule has 1 aromatic carbocycles. The molecule has 10 heavy (non-hydrogen) atoms. The molecule has 0 saturated carbocycles. The molecule has 0 fully saturated rings. The van der Waals surface area contributed by atoms with E-state index in [0.29, 0.717) is 5.56 Å². The molecule has 52 valence electrons. The van der Waals surface area contributed by atoms with Crippen molar-refractivity contribution in [3.8, 4) is 5.75 Å². The Kier molecular flexibility index (Phi) is 1.71. The first-order valence-electron chi connectivity index (χ1n) is 2.85. The van der Waals surface area contributed by atoms with Crippen molar-refractivity contribution in [2.45, 2.75) is 0 Å². The van der Waals surface area contributed by atoms with Gasteiger partial charge in [-0.25, -0.2) is 4.39 Å². The molecule has 1 nitrogen and oxygen atoms in total. The van der Waals surface area contributed by atoms with Gasteiger partial charge in [0.2, 0.25) is 0 Å². The summed E-state index contributed by atoms with van der Waals surface area (Å²) in [4.78, 5) is 0. The fraction of sp³-hybridized carbons (Fsp3) is 0. The van der Waals surface area contributed by atoms with Gasteiger partial charge in [0.25, 0.3) is 0 Å².